The smallest absolute Gasteiger partial charge is 0.251 e. The maximum Gasteiger partial charge on any atom is 0.251 e. The molecule has 1 unspecified atom stereocenters. The van der Waals surface area contributed by atoms with Crippen LogP contribution in [0.3, 0.4) is 0 Å². The molecule has 0 spiro atoms. The monoisotopic (exact) mass is 295 g/mol. The first-order valence-corrected chi connectivity index (χ1v) is 6.43. The van der Waals surface area contributed by atoms with Gasteiger partial charge in [0.1, 0.15) is 11.6 Å². The van der Waals surface area contributed by atoms with Crippen molar-refractivity contribution in [2.45, 2.75) is 5.38 Å². The van der Waals surface area contributed by atoms with Crippen LogP contribution in [0.2, 0.25) is 0 Å². The van der Waals surface area contributed by atoms with Gasteiger partial charge in [0, 0.05) is 18.2 Å². The molecule has 2 aromatic rings. The van der Waals surface area contributed by atoms with Gasteiger partial charge >= 0.3 is 0 Å². The van der Waals surface area contributed by atoms with Crippen LogP contribution >= 0.6 is 11.6 Å². The Bertz CT molecular complexity index is 584. The van der Waals surface area contributed by atoms with E-state index in [1.807, 2.05) is 30.3 Å². The number of carbonyl (C=O) groups excluding carboxylic acids is 1. The van der Waals surface area contributed by atoms with Crippen LogP contribution in [-0.2, 0) is 0 Å². The molecule has 0 saturated carbocycles. The quantitative estimate of drug-likeness (QED) is 0.857. The van der Waals surface area contributed by atoms with Gasteiger partial charge in [-0.1, -0.05) is 30.3 Å². The van der Waals surface area contributed by atoms with Crippen LogP contribution in [0.5, 0.6) is 0 Å². The van der Waals surface area contributed by atoms with Crippen LogP contribution in [0.25, 0.3) is 0 Å². The maximum atomic E-state index is 13.0. The first kappa shape index (κ1) is 14.5. The third-order valence-corrected chi connectivity index (χ3v) is 3.13. The van der Waals surface area contributed by atoms with Gasteiger partial charge in [-0.25, -0.2) is 8.78 Å². The minimum atomic E-state index is -0.791. The van der Waals surface area contributed by atoms with Crippen LogP contribution in [-0.4, -0.2) is 12.5 Å². The van der Waals surface area contributed by atoms with Crippen molar-refractivity contribution in [3.8, 4) is 0 Å². The molecule has 0 aliphatic carbocycles. The second-order valence-corrected chi connectivity index (χ2v) is 4.77. The van der Waals surface area contributed by atoms with Gasteiger partial charge < -0.3 is 5.32 Å². The largest absolute Gasteiger partial charge is 0.350 e. The second-order valence-electron chi connectivity index (χ2n) is 4.25. The van der Waals surface area contributed by atoms with Crippen molar-refractivity contribution in [3.05, 3.63) is 71.3 Å². The Morgan fingerprint density at radius 1 is 1.10 bits per heavy atom. The van der Waals surface area contributed by atoms with Gasteiger partial charge in [0.15, 0.2) is 0 Å². The van der Waals surface area contributed by atoms with Gasteiger partial charge in [0.25, 0.3) is 5.91 Å². The molecule has 2 aromatic carbocycles. The molecule has 0 radical (unpaired) electrons. The highest BCUT2D eigenvalue weighted by molar-refractivity contribution is 6.21. The highest BCUT2D eigenvalue weighted by Crippen LogP contribution is 2.18. The highest BCUT2D eigenvalue weighted by atomic mass is 35.5. The van der Waals surface area contributed by atoms with Gasteiger partial charge in [-0.2, -0.15) is 0 Å². The average molecular weight is 296 g/mol. The summed E-state index contributed by atoms with van der Waals surface area (Å²) >= 11 is 6.14. The summed E-state index contributed by atoms with van der Waals surface area (Å²) < 4.78 is 26.0. The normalized spacial score (nSPS) is 11.9. The molecule has 0 aliphatic rings. The Hall–Kier alpha value is -1.94. The first-order valence-electron chi connectivity index (χ1n) is 5.99. The Morgan fingerprint density at radius 3 is 2.30 bits per heavy atom. The summed E-state index contributed by atoms with van der Waals surface area (Å²) in [5, 5.41) is 2.14. The molecule has 20 heavy (non-hydrogen) atoms. The lowest BCUT2D eigenvalue weighted by Gasteiger charge is -2.11. The van der Waals surface area contributed by atoms with Gasteiger partial charge in [-0.05, 0) is 17.7 Å². The third kappa shape index (κ3) is 3.78. The summed E-state index contributed by atoms with van der Waals surface area (Å²) in [4.78, 5) is 11.8. The van der Waals surface area contributed by atoms with Crippen molar-refractivity contribution in [2.75, 3.05) is 6.54 Å². The van der Waals surface area contributed by atoms with Gasteiger partial charge in [-0.3, -0.25) is 4.79 Å². The molecule has 0 heterocycles. The molecule has 0 bridgehead atoms. The number of hydrogen-bond acceptors (Lipinski definition) is 1. The van der Waals surface area contributed by atoms with Crippen LogP contribution in [0, 0.1) is 11.6 Å². The van der Waals surface area contributed by atoms with Crippen molar-refractivity contribution in [2.24, 2.45) is 0 Å². The number of hydrogen-bond donors (Lipinski definition) is 1. The Labute approximate surface area is 120 Å². The molecule has 2 nitrogen and oxygen atoms in total. The predicted molar refractivity (Wildman–Crippen MR) is 73.7 cm³/mol. The SMILES string of the molecule is O=C(NCC(Cl)c1ccccc1)c1cc(F)cc(F)c1. The minimum absolute atomic E-state index is 0.0700. The summed E-state index contributed by atoms with van der Waals surface area (Å²) in [5.41, 5.74) is 0.791. The van der Waals surface area contributed by atoms with Crippen molar-refractivity contribution in [3.63, 3.8) is 0 Å². The Balaban J connectivity index is 1.98. The van der Waals surface area contributed by atoms with E-state index in [9.17, 15) is 13.6 Å². The van der Waals surface area contributed by atoms with Crippen LogP contribution < -0.4 is 5.32 Å². The molecule has 104 valence electrons. The number of alkyl halides is 1. The summed E-state index contributed by atoms with van der Waals surface area (Å²) in [5.74, 6) is -2.15. The Kier molecular flexibility index (Phi) is 4.69. The number of rotatable bonds is 4. The lowest BCUT2D eigenvalue weighted by atomic mass is 10.1. The van der Waals surface area contributed by atoms with E-state index in [4.69, 9.17) is 11.6 Å². The fourth-order valence-corrected chi connectivity index (χ4v) is 1.97. The molecular weight excluding hydrogens is 284 g/mol. The first-order chi connectivity index (χ1) is 9.56. The van der Waals surface area contributed by atoms with Crippen molar-refractivity contribution in [1.82, 2.24) is 5.32 Å². The molecule has 1 atom stereocenters. The van der Waals surface area contributed by atoms with Crippen LogP contribution in [0.15, 0.2) is 48.5 Å². The lowest BCUT2D eigenvalue weighted by molar-refractivity contribution is 0.0952. The number of nitrogens with one attached hydrogen (secondary N) is 1. The fourth-order valence-electron chi connectivity index (χ4n) is 1.75. The third-order valence-electron chi connectivity index (χ3n) is 2.73. The molecule has 1 N–H and O–H groups in total. The maximum absolute atomic E-state index is 13.0. The minimum Gasteiger partial charge on any atom is -0.350 e. The average Bonchev–Trinajstić information content (AvgIpc) is 2.44. The van der Waals surface area contributed by atoms with Gasteiger partial charge in [0.05, 0.1) is 5.38 Å². The molecular formula is C15H12ClF2NO. The summed E-state index contributed by atoms with van der Waals surface area (Å²) in [7, 11) is 0. The Morgan fingerprint density at radius 2 is 1.70 bits per heavy atom. The lowest BCUT2D eigenvalue weighted by Crippen LogP contribution is -2.27. The molecule has 1 amide bonds. The summed E-state index contributed by atoms with van der Waals surface area (Å²) in [6.45, 7) is 0.169. The summed E-state index contributed by atoms with van der Waals surface area (Å²) in [6.07, 6.45) is 0. The van der Waals surface area contributed by atoms with Gasteiger partial charge in [-0.15, -0.1) is 11.6 Å². The topological polar surface area (TPSA) is 29.1 Å². The summed E-state index contributed by atoms with van der Waals surface area (Å²) in [6, 6.07) is 11.9. The number of benzene rings is 2. The predicted octanol–water partition coefficient (Wildman–Crippen LogP) is 3.67. The van der Waals surface area contributed by atoms with Crippen molar-refractivity contribution in [1.29, 1.82) is 0 Å². The zero-order valence-electron chi connectivity index (χ0n) is 10.4. The standard InChI is InChI=1S/C15H12ClF2NO/c16-14(10-4-2-1-3-5-10)9-19-15(20)11-6-12(17)8-13(18)7-11/h1-8,14H,9H2,(H,19,20). The number of carbonyl (C=O) groups is 1. The van der Waals surface area contributed by atoms with E-state index in [0.717, 1.165) is 17.7 Å². The molecule has 0 saturated heterocycles. The zero-order valence-corrected chi connectivity index (χ0v) is 11.2. The van der Waals surface area contributed by atoms with E-state index in [1.165, 1.54) is 0 Å². The molecule has 2 rings (SSSR count). The van der Waals surface area contributed by atoms with E-state index in [2.05, 4.69) is 5.32 Å². The molecule has 0 aliphatic heterocycles. The zero-order chi connectivity index (χ0) is 14.5. The second kappa shape index (κ2) is 6.48. The van der Waals surface area contributed by atoms with Crippen molar-refractivity contribution >= 4 is 17.5 Å². The van der Waals surface area contributed by atoms with E-state index >= 15 is 0 Å². The molecule has 5 heteroatoms. The fraction of sp³-hybridized carbons (Fsp3) is 0.133. The number of amides is 1. The van der Waals surface area contributed by atoms with Crippen molar-refractivity contribution < 1.29 is 13.6 Å². The molecule has 0 aromatic heterocycles. The highest BCUT2D eigenvalue weighted by Gasteiger charge is 2.12. The van der Waals surface area contributed by atoms with E-state index in [1.54, 1.807) is 0 Å². The molecule has 0 fully saturated rings. The van der Waals surface area contributed by atoms with E-state index in [0.29, 0.717) is 6.07 Å². The number of halogens is 3. The van der Waals surface area contributed by atoms with Gasteiger partial charge in [0.2, 0.25) is 0 Å². The van der Waals surface area contributed by atoms with E-state index in [-0.39, 0.29) is 12.1 Å². The van der Waals surface area contributed by atoms with E-state index < -0.39 is 22.9 Å². The van der Waals surface area contributed by atoms with Crippen LogP contribution in [0.1, 0.15) is 21.3 Å². The van der Waals surface area contributed by atoms with Crippen LogP contribution in [0.4, 0.5) is 8.78 Å².